The second-order valence-corrected chi connectivity index (χ2v) is 6.46. The Hall–Kier alpha value is -1.33. The zero-order chi connectivity index (χ0) is 16.0. The van der Waals surface area contributed by atoms with Gasteiger partial charge in [0.1, 0.15) is 0 Å². The van der Waals surface area contributed by atoms with Crippen LogP contribution in [0.3, 0.4) is 0 Å². The third-order valence-corrected chi connectivity index (χ3v) is 5.03. The van der Waals surface area contributed by atoms with Gasteiger partial charge in [0.25, 0.3) is 0 Å². The summed E-state index contributed by atoms with van der Waals surface area (Å²) in [7, 11) is 0. The van der Waals surface area contributed by atoms with Gasteiger partial charge < -0.3 is 5.11 Å². The second-order valence-electron chi connectivity index (χ2n) is 6.46. The van der Waals surface area contributed by atoms with Crippen molar-refractivity contribution in [1.82, 2.24) is 4.90 Å². The normalized spacial score (nSPS) is 32.2. The van der Waals surface area contributed by atoms with Crippen LogP contribution in [-0.4, -0.2) is 33.9 Å². The zero-order valence-electron chi connectivity index (χ0n) is 12.3. The van der Waals surface area contributed by atoms with Crippen LogP contribution in [0.5, 0.6) is 0 Å². The summed E-state index contributed by atoms with van der Waals surface area (Å²) >= 11 is 0. The zero-order valence-corrected chi connectivity index (χ0v) is 12.3. The molecule has 2 aliphatic heterocycles. The molecule has 22 heavy (non-hydrogen) atoms. The molecule has 5 heteroatoms. The molecule has 0 saturated carbocycles. The maximum absolute atomic E-state index is 12.9. The molecule has 2 unspecified atom stereocenters. The first kappa shape index (κ1) is 15.6. The number of hydrogen-bond acceptors (Lipinski definition) is 2. The molecule has 0 spiro atoms. The highest BCUT2D eigenvalue weighted by molar-refractivity contribution is 5.23. The van der Waals surface area contributed by atoms with Crippen LogP contribution in [-0.2, 0) is 6.54 Å². The van der Waals surface area contributed by atoms with E-state index in [1.807, 2.05) is 30.3 Å². The molecule has 1 N–H and O–H groups in total. The van der Waals surface area contributed by atoms with Crippen molar-refractivity contribution in [2.45, 2.75) is 56.1 Å². The summed E-state index contributed by atoms with van der Waals surface area (Å²) in [6.45, 7) is 3.86. The van der Waals surface area contributed by atoms with Crippen molar-refractivity contribution in [2.75, 3.05) is 0 Å². The molecule has 2 atom stereocenters. The number of aliphatic hydroxyl groups is 1. The van der Waals surface area contributed by atoms with E-state index in [9.17, 15) is 18.3 Å². The minimum Gasteiger partial charge on any atom is -0.385 e. The van der Waals surface area contributed by atoms with Gasteiger partial charge in [0.15, 0.2) is 0 Å². The monoisotopic (exact) mass is 311 g/mol. The fourth-order valence-corrected chi connectivity index (χ4v) is 3.88. The molecule has 2 aliphatic rings. The quantitative estimate of drug-likeness (QED) is 0.861. The minimum absolute atomic E-state index is 0.0111. The number of fused-ring (bicyclic) bond motifs is 2. The third kappa shape index (κ3) is 2.79. The van der Waals surface area contributed by atoms with E-state index in [-0.39, 0.29) is 24.9 Å². The topological polar surface area (TPSA) is 23.5 Å². The fraction of sp³-hybridized carbons (Fsp3) is 0.529. The highest BCUT2D eigenvalue weighted by Crippen LogP contribution is 2.47. The predicted molar refractivity (Wildman–Crippen MR) is 78.2 cm³/mol. The summed E-state index contributed by atoms with van der Waals surface area (Å²) in [6.07, 6.45) is -2.62. The number of piperidine rings is 1. The number of halogens is 3. The number of hydrogen-bond donors (Lipinski definition) is 1. The average Bonchev–Trinajstić information content (AvgIpc) is 2.70. The van der Waals surface area contributed by atoms with Crippen LogP contribution >= 0.6 is 0 Å². The average molecular weight is 311 g/mol. The van der Waals surface area contributed by atoms with Crippen LogP contribution in [0.25, 0.3) is 0 Å². The molecule has 120 valence electrons. The molecule has 2 saturated heterocycles. The van der Waals surface area contributed by atoms with E-state index >= 15 is 0 Å². The van der Waals surface area contributed by atoms with Crippen molar-refractivity contribution in [3.8, 4) is 0 Å². The van der Waals surface area contributed by atoms with E-state index in [1.165, 1.54) is 0 Å². The van der Waals surface area contributed by atoms with E-state index in [4.69, 9.17) is 0 Å². The van der Waals surface area contributed by atoms with E-state index in [1.54, 1.807) is 0 Å². The predicted octanol–water partition coefficient (Wildman–Crippen LogP) is 3.66. The lowest BCUT2D eigenvalue weighted by atomic mass is 9.80. The highest BCUT2D eigenvalue weighted by Gasteiger charge is 2.54. The molecule has 1 aromatic rings. The van der Waals surface area contributed by atoms with Gasteiger partial charge >= 0.3 is 6.18 Å². The molecule has 1 aromatic carbocycles. The molecule has 2 fully saturated rings. The van der Waals surface area contributed by atoms with Crippen LogP contribution in [0.15, 0.2) is 42.5 Å². The van der Waals surface area contributed by atoms with Crippen LogP contribution in [0.2, 0.25) is 0 Å². The van der Waals surface area contributed by atoms with Crippen molar-refractivity contribution < 1.29 is 18.3 Å². The van der Waals surface area contributed by atoms with Gasteiger partial charge in [-0.1, -0.05) is 36.9 Å². The first-order valence-electron chi connectivity index (χ1n) is 7.58. The summed E-state index contributed by atoms with van der Waals surface area (Å²) < 4.78 is 38.8. The molecule has 3 rings (SSSR count). The molecule has 0 radical (unpaired) electrons. The van der Waals surface area contributed by atoms with Crippen LogP contribution in [0.4, 0.5) is 13.2 Å². The third-order valence-electron chi connectivity index (χ3n) is 5.03. The summed E-state index contributed by atoms with van der Waals surface area (Å²) in [4.78, 5) is 2.24. The van der Waals surface area contributed by atoms with E-state index < -0.39 is 17.4 Å². The van der Waals surface area contributed by atoms with Gasteiger partial charge in [0.05, 0.1) is 11.2 Å². The van der Waals surface area contributed by atoms with Gasteiger partial charge in [-0.05, 0) is 31.2 Å². The van der Waals surface area contributed by atoms with Crippen molar-refractivity contribution in [3.05, 3.63) is 48.0 Å². The summed E-state index contributed by atoms with van der Waals surface area (Å²) in [5, 5.41) is 10.5. The molecular weight excluding hydrogens is 291 g/mol. The maximum Gasteiger partial charge on any atom is 0.414 e. The molecule has 0 amide bonds. The van der Waals surface area contributed by atoms with Gasteiger partial charge in [0.2, 0.25) is 0 Å². The number of alkyl halides is 3. The smallest absolute Gasteiger partial charge is 0.385 e. The van der Waals surface area contributed by atoms with Gasteiger partial charge in [0, 0.05) is 18.6 Å². The van der Waals surface area contributed by atoms with Crippen LogP contribution < -0.4 is 0 Å². The Morgan fingerprint density at radius 2 is 1.73 bits per heavy atom. The van der Waals surface area contributed by atoms with Crippen LogP contribution in [0, 0.1) is 0 Å². The van der Waals surface area contributed by atoms with Crippen molar-refractivity contribution in [1.29, 1.82) is 0 Å². The first-order chi connectivity index (χ1) is 10.3. The Balaban J connectivity index is 1.75. The maximum atomic E-state index is 12.9. The fourth-order valence-electron chi connectivity index (χ4n) is 3.88. The Morgan fingerprint density at radius 3 is 2.23 bits per heavy atom. The molecule has 2 bridgehead atoms. The van der Waals surface area contributed by atoms with Gasteiger partial charge in [-0.3, -0.25) is 4.90 Å². The second kappa shape index (κ2) is 5.39. The lowest BCUT2D eigenvalue weighted by Gasteiger charge is -2.45. The van der Waals surface area contributed by atoms with E-state index in [0.29, 0.717) is 0 Å². The van der Waals surface area contributed by atoms with Gasteiger partial charge in [-0.25, -0.2) is 0 Å². The molecule has 2 nitrogen and oxygen atoms in total. The first-order valence-corrected chi connectivity index (χ1v) is 7.58. The van der Waals surface area contributed by atoms with Gasteiger partial charge in [-0.15, -0.1) is 0 Å². The molecule has 2 heterocycles. The number of rotatable bonds is 3. The summed E-state index contributed by atoms with van der Waals surface area (Å²) in [5.41, 5.74) is -1.65. The number of benzene rings is 1. The Morgan fingerprint density at radius 1 is 1.18 bits per heavy atom. The molecular formula is C17H20F3NO. The summed E-state index contributed by atoms with van der Waals surface area (Å²) in [5.74, 6) is 0. The van der Waals surface area contributed by atoms with E-state index in [0.717, 1.165) is 24.9 Å². The lowest BCUT2D eigenvalue weighted by molar-refractivity contribution is -0.134. The largest absolute Gasteiger partial charge is 0.414 e. The van der Waals surface area contributed by atoms with Crippen molar-refractivity contribution >= 4 is 0 Å². The lowest BCUT2D eigenvalue weighted by Crippen LogP contribution is -2.53. The SMILES string of the molecule is C=C(C(F)(F)F)C1(O)CC2CCC(C1)N2Cc1ccccc1. The van der Waals surface area contributed by atoms with Crippen molar-refractivity contribution in [2.24, 2.45) is 0 Å². The van der Waals surface area contributed by atoms with Gasteiger partial charge in [-0.2, -0.15) is 13.2 Å². The Kier molecular flexibility index (Phi) is 3.81. The Labute approximate surface area is 128 Å². The summed E-state index contributed by atoms with van der Waals surface area (Å²) in [6, 6.07) is 9.89. The van der Waals surface area contributed by atoms with Crippen LogP contribution in [0.1, 0.15) is 31.2 Å². The van der Waals surface area contributed by atoms with E-state index in [2.05, 4.69) is 11.5 Å². The highest BCUT2D eigenvalue weighted by atomic mass is 19.4. The number of nitrogens with zero attached hydrogens (tertiary/aromatic N) is 1. The standard InChI is InChI=1S/C17H20F3NO/c1-12(17(18,19)20)16(22)9-14-7-8-15(10-16)21(14)11-13-5-3-2-4-6-13/h2-6,14-15,22H,1,7-11H2. The van der Waals surface area contributed by atoms with Crippen molar-refractivity contribution in [3.63, 3.8) is 0 Å². The molecule has 0 aromatic heterocycles. The molecule has 0 aliphatic carbocycles. The Bertz CT molecular complexity index is 541. The minimum atomic E-state index is -4.53.